The molecule has 2 aliphatic rings. The Balaban J connectivity index is 1.88. The third-order valence-corrected chi connectivity index (χ3v) is 2.98. The maximum absolute atomic E-state index is 10.9. The van der Waals surface area contributed by atoms with Crippen molar-refractivity contribution >= 4 is 5.97 Å². The van der Waals surface area contributed by atoms with Crippen LogP contribution in [0.1, 0.15) is 19.3 Å². The van der Waals surface area contributed by atoms with E-state index in [0.29, 0.717) is 5.92 Å². The summed E-state index contributed by atoms with van der Waals surface area (Å²) < 4.78 is 5.21. The molecule has 3 atom stereocenters. The highest BCUT2D eigenvalue weighted by Crippen LogP contribution is 2.40. The molecule has 0 aromatic rings. The fourth-order valence-corrected chi connectivity index (χ4v) is 2.35. The van der Waals surface area contributed by atoms with Crippen molar-refractivity contribution in [3.8, 4) is 0 Å². The summed E-state index contributed by atoms with van der Waals surface area (Å²) in [5.41, 5.74) is 0. The highest BCUT2D eigenvalue weighted by molar-refractivity contribution is 5.81. The van der Waals surface area contributed by atoms with Crippen molar-refractivity contribution in [2.24, 2.45) is 11.8 Å². The number of carbonyl (C=O) groups is 1. The van der Waals surface area contributed by atoms with E-state index in [1.165, 1.54) is 6.08 Å². The van der Waals surface area contributed by atoms with E-state index in [0.717, 1.165) is 25.2 Å². The van der Waals surface area contributed by atoms with Crippen molar-refractivity contribution < 1.29 is 9.53 Å². The lowest BCUT2D eigenvalue weighted by atomic mass is 10.0. The molecule has 1 saturated carbocycles. The van der Waals surface area contributed by atoms with Crippen LogP contribution in [0.15, 0.2) is 24.8 Å². The van der Waals surface area contributed by atoms with E-state index in [9.17, 15) is 4.79 Å². The Kier molecular flexibility index (Phi) is 2.21. The van der Waals surface area contributed by atoms with Crippen LogP contribution in [-0.4, -0.2) is 12.1 Å². The van der Waals surface area contributed by atoms with E-state index in [1.54, 1.807) is 0 Å². The highest BCUT2D eigenvalue weighted by atomic mass is 16.5. The van der Waals surface area contributed by atoms with Crippen molar-refractivity contribution in [2.75, 3.05) is 0 Å². The largest absolute Gasteiger partial charge is 0.459 e. The first kappa shape index (κ1) is 8.54. The quantitative estimate of drug-likeness (QED) is 0.367. The second kappa shape index (κ2) is 3.36. The molecule has 0 aromatic heterocycles. The van der Waals surface area contributed by atoms with Gasteiger partial charge < -0.3 is 4.74 Å². The average molecular weight is 178 g/mol. The number of carbonyl (C=O) groups excluding carboxylic acids is 1. The van der Waals surface area contributed by atoms with Crippen molar-refractivity contribution in [3.05, 3.63) is 24.8 Å². The minimum atomic E-state index is -0.283. The van der Waals surface area contributed by atoms with Gasteiger partial charge in [-0.05, 0) is 31.1 Å². The first-order valence-corrected chi connectivity index (χ1v) is 4.79. The molecule has 0 aliphatic heterocycles. The SMILES string of the molecule is C=CC(=O)OC1CC2C=CCC2C1. The summed E-state index contributed by atoms with van der Waals surface area (Å²) in [5, 5.41) is 0. The summed E-state index contributed by atoms with van der Waals surface area (Å²) in [6.45, 7) is 3.39. The Morgan fingerprint density at radius 1 is 1.54 bits per heavy atom. The number of hydrogen-bond acceptors (Lipinski definition) is 2. The van der Waals surface area contributed by atoms with E-state index in [-0.39, 0.29) is 12.1 Å². The Bertz CT molecular complexity index is 255. The maximum atomic E-state index is 10.9. The number of ether oxygens (including phenoxy) is 1. The lowest BCUT2D eigenvalue weighted by Gasteiger charge is -2.09. The predicted octanol–water partition coefficient (Wildman–Crippen LogP) is 2.07. The Morgan fingerprint density at radius 3 is 3.08 bits per heavy atom. The van der Waals surface area contributed by atoms with E-state index in [2.05, 4.69) is 18.7 Å². The third-order valence-electron chi connectivity index (χ3n) is 2.98. The summed E-state index contributed by atoms with van der Waals surface area (Å²) in [6, 6.07) is 0. The molecule has 1 fully saturated rings. The summed E-state index contributed by atoms with van der Waals surface area (Å²) in [5.74, 6) is 1.10. The van der Waals surface area contributed by atoms with E-state index in [1.807, 2.05) is 0 Å². The lowest BCUT2D eigenvalue weighted by molar-refractivity contribution is -0.142. The molecule has 0 spiro atoms. The van der Waals surface area contributed by atoms with Gasteiger partial charge >= 0.3 is 5.97 Å². The minimum absolute atomic E-state index is 0.130. The molecular weight excluding hydrogens is 164 g/mol. The number of rotatable bonds is 2. The Hall–Kier alpha value is -1.05. The first-order chi connectivity index (χ1) is 6.29. The van der Waals surface area contributed by atoms with Crippen LogP contribution in [0.25, 0.3) is 0 Å². The van der Waals surface area contributed by atoms with Gasteiger partial charge in [-0.25, -0.2) is 4.79 Å². The number of hydrogen-bond donors (Lipinski definition) is 0. The van der Waals surface area contributed by atoms with Gasteiger partial charge in [-0.15, -0.1) is 0 Å². The van der Waals surface area contributed by atoms with Gasteiger partial charge in [-0.2, -0.15) is 0 Å². The van der Waals surface area contributed by atoms with Gasteiger partial charge in [-0.3, -0.25) is 0 Å². The number of esters is 1. The Morgan fingerprint density at radius 2 is 2.38 bits per heavy atom. The molecule has 0 radical (unpaired) electrons. The van der Waals surface area contributed by atoms with Gasteiger partial charge in [0.25, 0.3) is 0 Å². The predicted molar refractivity (Wildman–Crippen MR) is 50.0 cm³/mol. The fourth-order valence-electron chi connectivity index (χ4n) is 2.35. The van der Waals surface area contributed by atoms with Gasteiger partial charge in [-0.1, -0.05) is 18.7 Å². The molecule has 2 aliphatic carbocycles. The van der Waals surface area contributed by atoms with Crippen molar-refractivity contribution in [1.82, 2.24) is 0 Å². The minimum Gasteiger partial charge on any atom is -0.459 e. The zero-order valence-electron chi connectivity index (χ0n) is 7.61. The lowest BCUT2D eigenvalue weighted by Crippen LogP contribution is -2.13. The number of allylic oxidation sites excluding steroid dienone is 2. The molecule has 0 aromatic carbocycles. The van der Waals surface area contributed by atoms with Crippen molar-refractivity contribution in [2.45, 2.75) is 25.4 Å². The van der Waals surface area contributed by atoms with Crippen LogP contribution in [0.3, 0.4) is 0 Å². The van der Waals surface area contributed by atoms with E-state index < -0.39 is 0 Å². The molecule has 13 heavy (non-hydrogen) atoms. The van der Waals surface area contributed by atoms with Crippen LogP contribution in [0, 0.1) is 11.8 Å². The molecule has 2 heteroatoms. The fraction of sp³-hybridized carbons (Fsp3) is 0.545. The molecule has 0 N–H and O–H groups in total. The Labute approximate surface area is 78.3 Å². The average Bonchev–Trinajstić information content (AvgIpc) is 2.63. The van der Waals surface area contributed by atoms with Crippen LogP contribution in [0.2, 0.25) is 0 Å². The summed E-state index contributed by atoms with van der Waals surface area (Å²) >= 11 is 0. The molecule has 2 nitrogen and oxygen atoms in total. The highest BCUT2D eigenvalue weighted by Gasteiger charge is 2.36. The molecule has 0 saturated heterocycles. The topological polar surface area (TPSA) is 26.3 Å². The van der Waals surface area contributed by atoms with Crippen LogP contribution in [0.4, 0.5) is 0 Å². The van der Waals surface area contributed by atoms with Gasteiger partial charge in [0, 0.05) is 6.08 Å². The second-order valence-corrected chi connectivity index (χ2v) is 3.82. The monoisotopic (exact) mass is 178 g/mol. The molecule has 0 bridgehead atoms. The standard InChI is InChI=1S/C11H14O2/c1-2-11(12)13-10-6-8-4-3-5-9(8)7-10/h2-4,8-10H,1,5-7H2. The van der Waals surface area contributed by atoms with Crippen LogP contribution in [-0.2, 0) is 9.53 Å². The smallest absolute Gasteiger partial charge is 0.330 e. The summed E-state index contributed by atoms with van der Waals surface area (Å²) in [7, 11) is 0. The molecule has 2 rings (SSSR count). The summed E-state index contributed by atoms with van der Waals surface area (Å²) in [4.78, 5) is 10.9. The number of fused-ring (bicyclic) bond motifs is 1. The van der Waals surface area contributed by atoms with Crippen molar-refractivity contribution in [1.29, 1.82) is 0 Å². The summed E-state index contributed by atoms with van der Waals surface area (Å²) in [6.07, 6.45) is 9.05. The molecule has 70 valence electrons. The van der Waals surface area contributed by atoms with Gasteiger partial charge in [0.15, 0.2) is 0 Å². The second-order valence-electron chi connectivity index (χ2n) is 3.82. The maximum Gasteiger partial charge on any atom is 0.330 e. The molecule has 0 heterocycles. The zero-order valence-corrected chi connectivity index (χ0v) is 7.61. The third kappa shape index (κ3) is 1.67. The van der Waals surface area contributed by atoms with Crippen LogP contribution >= 0.6 is 0 Å². The van der Waals surface area contributed by atoms with Crippen molar-refractivity contribution in [3.63, 3.8) is 0 Å². The van der Waals surface area contributed by atoms with Gasteiger partial charge in [0.1, 0.15) is 6.10 Å². The normalized spacial score (nSPS) is 35.8. The van der Waals surface area contributed by atoms with Gasteiger partial charge in [0.2, 0.25) is 0 Å². The van der Waals surface area contributed by atoms with Gasteiger partial charge in [0.05, 0.1) is 0 Å². The van der Waals surface area contributed by atoms with Crippen LogP contribution < -0.4 is 0 Å². The molecule has 0 amide bonds. The van der Waals surface area contributed by atoms with E-state index in [4.69, 9.17) is 4.74 Å². The van der Waals surface area contributed by atoms with Crippen LogP contribution in [0.5, 0.6) is 0 Å². The zero-order chi connectivity index (χ0) is 9.26. The first-order valence-electron chi connectivity index (χ1n) is 4.79. The molecule has 3 unspecified atom stereocenters. The molecular formula is C11H14O2. The van der Waals surface area contributed by atoms with E-state index >= 15 is 0 Å².